The molecule has 5 nitrogen and oxygen atoms in total. The Balaban J connectivity index is 2.14. The number of piperidine rings is 1. The molecule has 2 rings (SSSR count). The van der Waals surface area contributed by atoms with Crippen molar-refractivity contribution >= 4 is 17.5 Å². The Morgan fingerprint density at radius 3 is 2.59 bits per heavy atom. The largest absolute Gasteiger partial charge is 0.339 e. The average Bonchev–Trinajstić information content (AvgIpc) is 2.54. The van der Waals surface area contributed by atoms with E-state index in [1.54, 1.807) is 19.1 Å². The number of anilines is 1. The minimum Gasteiger partial charge on any atom is -0.339 e. The SMILES string of the molecule is CC1CCN(C(=O)c2ccccc2NC(=O)C(C)CN)CC1. The first kappa shape index (κ1) is 16.5. The fourth-order valence-corrected chi connectivity index (χ4v) is 2.52. The highest BCUT2D eigenvalue weighted by Crippen LogP contribution is 2.22. The standard InChI is InChI=1S/C17H25N3O2/c1-12-7-9-20(10-8-12)17(22)14-5-3-4-6-15(14)19-16(21)13(2)11-18/h3-6,12-13H,7-11,18H2,1-2H3,(H,19,21). The summed E-state index contributed by atoms with van der Waals surface area (Å²) in [6.07, 6.45) is 2.06. The first-order chi connectivity index (χ1) is 10.5. The Morgan fingerprint density at radius 2 is 1.95 bits per heavy atom. The lowest BCUT2D eigenvalue weighted by Gasteiger charge is -2.30. The van der Waals surface area contributed by atoms with Crippen LogP contribution in [0.5, 0.6) is 0 Å². The molecule has 1 atom stereocenters. The average molecular weight is 303 g/mol. The number of carbonyl (C=O) groups is 2. The third-order valence-electron chi connectivity index (χ3n) is 4.29. The lowest BCUT2D eigenvalue weighted by atomic mass is 9.98. The van der Waals surface area contributed by atoms with Gasteiger partial charge in [0, 0.05) is 25.6 Å². The topological polar surface area (TPSA) is 75.4 Å². The quantitative estimate of drug-likeness (QED) is 0.894. The summed E-state index contributed by atoms with van der Waals surface area (Å²) < 4.78 is 0. The summed E-state index contributed by atoms with van der Waals surface area (Å²) in [4.78, 5) is 26.6. The smallest absolute Gasteiger partial charge is 0.255 e. The molecule has 3 N–H and O–H groups in total. The van der Waals surface area contributed by atoms with Crippen LogP contribution in [-0.2, 0) is 4.79 Å². The fraction of sp³-hybridized carbons (Fsp3) is 0.529. The predicted molar refractivity (Wildman–Crippen MR) is 87.6 cm³/mol. The van der Waals surface area contributed by atoms with Gasteiger partial charge in [-0.1, -0.05) is 26.0 Å². The van der Waals surface area contributed by atoms with E-state index in [1.165, 1.54) is 0 Å². The van der Waals surface area contributed by atoms with Gasteiger partial charge in [-0.25, -0.2) is 0 Å². The fourth-order valence-electron chi connectivity index (χ4n) is 2.52. The lowest BCUT2D eigenvalue weighted by Crippen LogP contribution is -2.38. The third kappa shape index (κ3) is 3.85. The van der Waals surface area contributed by atoms with Crippen molar-refractivity contribution in [3.63, 3.8) is 0 Å². The summed E-state index contributed by atoms with van der Waals surface area (Å²) in [5.41, 5.74) is 6.64. The summed E-state index contributed by atoms with van der Waals surface area (Å²) in [6, 6.07) is 7.17. The van der Waals surface area contributed by atoms with Crippen LogP contribution in [0.15, 0.2) is 24.3 Å². The van der Waals surface area contributed by atoms with Crippen molar-refractivity contribution in [3.8, 4) is 0 Å². The molecular formula is C17H25N3O2. The molecular weight excluding hydrogens is 278 g/mol. The number of hydrogen-bond acceptors (Lipinski definition) is 3. The van der Waals surface area contributed by atoms with Crippen LogP contribution >= 0.6 is 0 Å². The van der Waals surface area contributed by atoms with Crippen LogP contribution in [0.1, 0.15) is 37.0 Å². The van der Waals surface area contributed by atoms with Crippen LogP contribution in [0.2, 0.25) is 0 Å². The van der Waals surface area contributed by atoms with Gasteiger partial charge in [0.05, 0.1) is 11.3 Å². The highest BCUT2D eigenvalue weighted by Gasteiger charge is 2.24. The molecule has 0 aliphatic carbocycles. The molecule has 0 aromatic heterocycles. The first-order valence-electron chi connectivity index (χ1n) is 7.92. The van der Waals surface area contributed by atoms with E-state index in [4.69, 9.17) is 5.73 Å². The Kier molecular flexibility index (Phi) is 5.55. The van der Waals surface area contributed by atoms with Crippen molar-refractivity contribution in [2.75, 3.05) is 25.0 Å². The maximum absolute atomic E-state index is 12.7. The number of nitrogens with one attached hydrogen (secondary N) is 1. The second kappa shape index (κ2) is 7.40. The van der Waals surface area contributed by atoms with Gasteiger partial charge in [0.1, 0.15) is 0 Å². The van der Waals surface area contributed by atoms with Gasteiger partial charge in [0.25, 0.3) is 5.91 Å². The van der Waals surface area contributed by atoms with Gasteiger partial charge < -0.3 is 16.0 Å². The Hall–Kier alpha value is -1.88. The number of carbonyl (C=O) groups excluding carboxylic acids is 2. The van der Waals surface area contributed by atoms with E-state index in [0.29, 0.717) is 17.2 Å². The van der Waals surface area contributed by atoms with E-state index in [-0.39, 0.29) is 24.3 Å². The molecule has 120 valence electrons. The molecule has 0 radical (unpaired) electrons. The van der Waals surface area contributed by atoms with Crippen LogP contribution in [0.3, 0.4) is 0 Å². The third-order valence-corrected chi connectivity index (χ3v) is 4.29. The Bertz CT molecular complexity index is 536. The van der Waals surface area contributed by atoms with Crippen LogP contribution in [0.4, 0.5) is 5.69 Å². The monoisotopic (exact) mass is 303 g/mol. The van der Waals surface area contributed by atoms with Gasteiger partial charge in [-0.05, 0) is 30.9 Å². The zero-order valence-corrected chi connectivity index (χ0v) is 13.3. The van der Waals surface area contributed by atoms with Crippen LogP contribution < -0.4 is 11.1 Å². The van der Waals surface area contributed by atoms with Crippen molar-refractivity contribution in [2.24, 2.45) is 17.6 Å². The van der Waals surface area contributed by atoms with Crippen molar-refractivity contribution < 1.29 is 9.59 Å². The lowest BCUT2D eigenvalue weighted by molar-refractivity contribution is -0.119. The van der Waals surface area contributed by atoms with Crippen molar-refractivity contribution in [2.45, 2.75) is 26.7 Å². The molecule has 1 aliphatic rings. The first-order valence-corrected chi connectivity index (χ1v) is 7.92. The predicted octanol–water partition coefficient (Wildman–Crippen LogP) is 2.09. The van der Waals surface area contributed by atoms with E-state index >= 15 is 0 Å². The van der Waals surface area contributed by atoms with Gasteiger partial charge in [-0.15, -0.1) is 0 Å². The molecule has 1 aromatic carbocycles. The summed E-state index contributed by atoms with van der Waals surface area (Å²) >= 11 is 0. The molecule has 1 heterocycles. The second-order valence-electron chi connectivity index (χ2n) is 6.15. The van der Waals surface area contributed by atoms with E-state index in [1.807, 2.05) is 17.0 Å². The van der Waals surface area contributed by atoms with E-state index in [0.717, 1.165) is 25.9 Å². The maximum Gasteiger partial charge on any atom is 0.255 e. The van der Waals surface area contributed by atoms with Crippen LogP contribution in [0, 0.1) is 11.8 Å². The van der Waals surface area contributed by atoms with Gasteiger partial charge in [0.2, 0.25) is 5.91 Å². The second-order valence-corrected chi connectivity index (χ2v) is 6.15. The zero-order chi connectivity index (χ0) is 16.1. The highest BCUT2D eigenvalue weighted by atomic mass is 16.2. The van der Waals surface area contributed by atoms with Gasteiger partial charge in [-0.3, -0.25) is 9.59 Å². The van der Waals surface area contributed by atoms with Crippen molar-refractivity contribution in [1.29, 1.82) is 0 Å². The highest BCUT2D eigenvalue weighted by molar-refractivity contribution is 6.04. The summed E-state index contributed by atoms with van der Waals surface area (Å²) in [6.45, 7) is 5.82. The number of nitrogens with two attached hydrogens (primary N) is 1. The van der Waals surface area contributed by atoms with E-state index in [9.17, 15) is 9.59 Å². The number of hydrogen-bond donors (Lipinski definition) is 2. The molecule has 22 heavy (non-hydrogen) atoms. The summed E-state index contributed by atoms with van der Waals surface area (Å²) in [7, 11) is 0. The number of amides is 2. The molecule has 2 amide bonds. The number of benzene rings is 1. The number of likely N-dealkylation sites (tertiary alicyclic amines) is 1. The van der Waals surface area contributed by atoms with Gasteiger partial charge in [0.15, 0.2) is 0 Å². The van der Waals surface area contributed by atoms with E-state index < -0.39 is 0 Å². The molecule has 0 spiro atoms. The summed E-state index contributed by atoms with van der Waals surface area (Å²) in [5.74, 6) is 0.224. The van der Waals surface area contributed by atoms with Crippen LogP contribution in [0.25, 0.3) is 0 Å². The molecule has 0 bridgehead atoms. The van der Waals surface area contributed by atoms with Crippen LogP contribution in [-0.4, -0.2) is 36.3 Å². The van der Waals surface area contributed by atoms with Gasteiger partial charge in [-0.2, -0.15) is 0 Å². The zero-order valence-electron chi connectivity index (χ0n) is 13.3. The number of rotatable bonds is 4. The molecule has 5 heteroatoms. The van der Waals surface area contributed by atoms with E-state index in [2.05, 4.69) is 12.2 Å². The van der Waals surface area contributed by atoms with Crippen molar-refractivity contribution in [1.82, 2.24) is 4.90 Å². The molecule has 1 saturated heterocycles. The maximum atomic E-state index is 12.7. The molecule has 1 aromatic rings. The summed E-state index contributed by atoms with van der Waals surface area (Å²) in [5, 5.41) is 2.82. The van der Waals surface area contributed by atoms with Gasteiger partial charge >= 0.3 is 0 Å². The Morgan fingerprint density at radius 1 is 1.32 bits per heavy atom. The molecule has 1 aliphatic heterocycles. The Labute approximate surface area is 131 Å². The molecule has 1 unspecified atom stereocenters. The minimum absolute atomic E-state index is 0.0109. The molecule has 1 fully saturated rings. The number of nitrogens with zero attached hydrogens (tertiary/aromatic N) is 1. The number of para-hydroxylation sites is 1. The minimum atomic E-state index is -0.279. The molecule has 0 saturated carbocycles. The van der Waals surface area contributed by atoms with Crippen molar-refractivity contribution in [3.05, 3.63) is 29.8 Å². The normalized spacial score (nSPS) is 17.1.